The maximum Gasteiger partial charge on any atom is 0.127 e. The Morgan fingerprint density at radius 1 is 1.29 bits per heavy atom. The highest BCUT2D eigenvalue weighted by Gasteiger charge is 2.28. The molecule has 1 aromatic rings. The maximum absolute atomic E-state index is 5.80. The van der Waals surface area contributed by atoms with Crippen molar-refractivity contribution in [2.24, 2.45) is 0 Å². The molecule has 1 N–H and O–H groups in total. The van der Waals surface area contributed by atoms with Crippen LogP contribution in [-0.2, 0) is 0 Å². The molecule has 92 valence electrons. The van der Waals surface area contributed by atoms with Crippen LogP contribution in [0.3, 0.4) is 0 Å². The zero-order chi connectivity index (χ0) is 11.7. The second-order valence-electron chi connectivity index (χ2n) is 4.89. The van der Waals surface area contributed by atoms with Crippen molar-refractivity contribution in [1.29, 1.82) is 0 Å². The lowest BCUT2D eigenvalue weighted by Gasteiger charge is -2.18. The second kappa shape index (κ2) is 4.57. The van der Waals surface area contributed by atoms with Gasteiger partial charge >= 0.3 is 0 Å². The minimum absolute atomic E-state index is 0.450. The first-order valence-corrected chi connectivity index (χ1v) is 6.43. The van der Waals surface area contributed by atoms with Crippen molar-refractivity contribution in [2.75, 3.05) is 13.7 Å². The van der Waals surface area contributed by atoms with E-state index in [1.807, 2.05) is 12.1 Å². The van der Waals surface area contributed by atoms with E-state index in [0.717, 1.165) is 37.0 Å². The molecule has 0 saturated heterocycles. The highest BCUT2D eigenvalue weighted by molar-refractivity contribution is 5.43. The molecule has 3 nitrogen and oxygen atoms in total. The predicted molar refractivity (Wildman–Crippen MR) is 66.6 cm³/mol. The molecule has 3 rings (SSSR count). The summed E-state index contributed by atoms with van der Waals surface area (Å²) in [5.41, 5.74) is 1.29. The summed E-state index contributed by atoms with van der Waals surface area (Å²) in [4.78, 5) is 0. The van der Waals surface area contributed by atoms with Crippen LogP contribution < -0.4 is 14.8 Å². The van der Waals surface area contributed by atoms with Gasteiger partial charge in [0.25, 0.3) is 0 Å². The minimum atomic E-state index is 0.450. The summed E-state index contributed by atoms with van der Waals surface area (Å²) in [6.45, 7) is 0.809. The van der Waals surface area contributed by atoms with Crippen molar-refractivity contribution in [3.05, 3.63) is 23.8 Å². The molecule has 1 unspecified atom stereocenters. The van der Waals surface area contributed by atoms with E-state index in [-0.39, 0.29) is 0 Å². The van der Waals surface area contributed by atoms with E-state index >= 15 is 0 Å². The summed E-state index contributed by atoms with van der Waals surface area (Å²) in [6, 6.07) is 7.34. The molecule has 1 aliphatic carbocycles. The third-order valence-electron chi connectivity index (χ3n) is 3.51. The van der Waals surface area contributed by atoms with Gasteiger partial charge in [0.15, 0.2) is 0 Å². The Bertz CT molecular complexity index is 401. The lowest BCUT2D eigenvalue weighted by Crippen LogP contribution is -2.23. The Morgan fingerprint density at radius 3 is 2.94 bits per heavy atom. The molecule has 0 amide bonds. The Morgan fingerprint density at radius 2 is 2.18 bits per heavy atom. The van der Waals surface area contributed by atoms with Crippen LogP contribution in [0.2, 0.25) is 0 Å². The van der Waals surface area contributed by atoms with Crippen LogP contribution in [-0.4, -0.2) is 19.8 Å². The molecule has 17 heavy (non-hydrogen) atoms. The number of nitrogens with one attached hydrogen (secondary N) is 1. The third kappa shape index (κ3) is 2.39. The number of rotatable bonds is 3. The lowest BCUT2D eigenvalue weighted by atomic mass is 10.0. The van der Waals surface area contributed by atoms with Gasteiger partial charge in [-0.25, -0.2) is 0 Å². The molecule has 1 aromatic carbocycles. The van der Waals surface area contributed by atoms with Crippen LogP contribution in [0.25, 0.3) is 0 Å². The Hall–Kier alpha value is -1.22. The molecule has 2 aliphatic rings. The van der Waals surface area contributed by atoms with Crippen LogP contribution in [0, 0.1) is 0 Å². The minimum Gasteiger partial charge on any atom is -0.497 e. The smallest absolute Gasteiger partial charge is 0.127 e. The van der Waals surface area contributed by atoms with Gasteiger partial charge in [0.05, 0.1) is 13.7 Å². The number of hydrogen-bond acceptors (Lipinski definition) is 3. The van der Waals surface area contributed by atoms with Crippen LogP contribution in [0.4, 0.5) is 0 Å². The zero-order valence-electron chi connectivity index (χ0n) is 10.2. The highest BCUT2D eigenvalue weighted by atomic mass is 16.5. The molecule has 0 spiro atoms. The van der Waals surface area contributed by atoms with Gasteiger partial charge in [-0.05, 0) is 31.7 Å². The van der Waals surface area contributed by atoms with E-state index in [1.165, 1.54) is 18.4 Å². The van der Waals surface area contributed by atoms with Gasteiger partial charge in [0.2, 0.25) is 0 Å². The van der Waals surface area contributed by atoms with Crippen LogP contribution >= 0.6 is 0 Å². The summed E-state index contributed by atoms with van der Waals surface area (Å²) < 4.78 is 11.1. The molecule has 1 saturated carbocycles. The van der Waals surface area contributed by atoms with Crippen molar-refractivity contribution >= 4 is 0 Å². The molecule has 3 heteroatoms. The average Bonchev–Trinajstić information content (AvgIpc) is 3.17. The number of benzene rings is 1. The molecule has 0 aromatic heterocycles. The lowest BCUT2D eigenvalue weighted by molar-refractivity contribution is 0.312. The summed E-state index contributed by atoms with van der Waals surface area (Å²) in [7, 11) is 1.69. The number of fused-ring (bicyclic) bond motifs is 1. The quantitative estimate of drug-likeness (QED) is 0.870. The fourth-order valence-corrected chi connectivity index (χ4v) is 2.39. The van der Waals surface area contributed by atoms with E-state index < -0.39 is 0 Å². The molecule has 1 aliphatic heterocycles. The molecule has 0 radical (unpaired) electrons. The van der Waals surface area contributed by atoms with Crippen molar-refractivity contribution in [3.8, 4) is 11.5 Å². The SMILES string of the molecule is COc1ccc2c(c1)OCCCC2NC1CC1. The largest absolute Gasteiger partial charge is 0.497 e. The first-order chi connectivity index (χ1) is 8.36. The maximum atomic E-state index is 5.80. The number of ether oxygens (including phenoxy) is 2. The normalized spacial score (nSPS) is 23.5. The average molecular weight is 233 g/mol. The van der Waals surface area contributed by atoms with Gasteiger partial charge in [0, 0.05) is 23.7 Å². The first-order valence-electron chi connectivity index (χ1n) is 6.43. The van der Waals surface area contributed by atoms with E-state index in [1.54, 1.807) is 7.11 Å². The highest BCUT2D eigenvalue weighted by Crippen LogP contribution is 2.36. The van der Waals surface area contributed by atoms with Crippen molar-refractivity contribution < 1.29 is 9.47 Å². The summed E-state index contributed by atoms with van der Waals surface area (Å²) >= 11 is 0. The van der Waals surface area contributed by atoms with E-state index in [9.17, 15) is 0 Å². The van der Waals surface area contributed by atoms with Crippen molar-refractivity contribution in [1.82, 2.24) is 5.32 Å². The van der Waals surface area contributed by atoms with Gasteiger partial charge in [-0.2, -0.15) is 0 Å². The van der Waals surface area contributed by atoms with Gasteiger partial charge < -0.3 is 14.8 Å². The fraction of sp³-hybridized carbons (Fsp3) is 0.571. The van der Waals surface area contributed by atoms with Crippen molar-refractivity contribution in [2.45, 2.75) is 37.8 Å². The van der Waals surface area contributed by atoms with Crippen molar-refractivity contribution in [3.63, 3.8) is 0 Å². The van der Waals surface area contributed by atoms with Crippen LogP contribution in [0.15, 0.2) is 18.2 Å². The van der Waals surface area contributed by atoms with E-state index in [4.69, 9.17) is 9.47 Å². The standard InChI is InChI=1S/C14H19NO2/c1-16-11-6-7-12-13(15-10-4-5-10)3-2-8-17-14(12)9-11/h6-7,9-10,13,15H,2-5,8H2,1H3. The van der Waals surface area contributed by atoms with E-state index in [2.05, 4.69) is 11.4 Å². The molecule has 1 fully saturated rings. The summed E-state index contributed by atoms with van der Waals surface area (Å²) in [6.07, 6.45) is 4.92. The van der Waals surface area contributed by atoms with Crippen LogP contribution in [0.5, 0.6) is 11.5 Å². The zero-order valence-corrected chi connectivity index (χ0v) is 10.2. The monoisotopic (exact) mass is 233 g/mol. The van der Waals surface area contributed by atoms with Crippen LogP contribution in [0.1, 0.15) is 37.3 Å². The topological polar surface area (TPSA) is 30.5 Å². The third-order valence-corrected chi connectivity index (χ3v) is 3.51. The van der Waals surface area contributed by atoms with Gasteiger partial charge in [0.1, 0.15) is 11.5 Å². The van der Waals surface area contributed by atoms with Gasteiger partial charge in [-0.3, -0.25) is 0 Å². The summed E-state index contributed by atoms with van der Waals surface area (Å²) in [5, 5.41) is 3.71. The molecule has 0 bridgehead atoms. The second-order valence-corrected chi connectivity index (χ2v) is 4.89. The van der Waals surface area contributed by atoms with Gasteiger partial charge in [-0.15, -0.1) is 0 Å². The predicted octanol–water partition coefficient (Wildman–Crippen LogP) is 2.66. The number of hydrogen-bond donors (Lipinski definition) is 1. The summed E-state index contributed by atoms with van der Waals surface area (Å²) in [5.74, 6) is 1.86. The van der Waals surface area contributed by atoms with Gasteiger partial charge in [-0.1, -0.05) is 6.07 Å². The first kappa shape index (κ1) is 10.9. The Balaban J connectivity index is 1.87. The van der Waals surface area contributed by atoms with E-state index in [0.29, 0.717) is 6.04 Å². The number of methoxy groups -OCH3 is 1. The molecule has 1 atom stereocenters. The molecule has 1 heterocycles. The molecular weight excluding hydrogens is 214 g/mol. The Kier molecular flexibility index (Phi) is 2.93. The fourth-order valence-electron chi connectivity index (χ4n) is 2.39. The molecular formula is C14H19NO2. The Labute approximate surface area is 102 Å².